The van der Waals surface area contributed by atoms with Crippen LogP contribution in [0.5, 0.6) is 0 Å². The molecule has 0 saturated heterocycles. The van der Waals surface area contributed by atoms with Gasteiger partial charge in [0.05, 0.1) is 23.5 Å². The normalized spacial score (nSPS) is 16.1. The van der Waals surface area contributed by atoms with Gasteiger partial charge < -0.3 is 5.32 Å². The smallest absolute Gasteiger partial charge is 0.280 e. The number of hydrogen-bond acceptors (Lipinski definition) is 7. The van der Waals surface area contributed by atoms with Crippen molar-refractivity contribution in [2.24, 2.45) is 0 Å². The van der Waals surface area contributed by atoms with E-state index in [2.05, 4.69) is 14.8 Å². The van der Waals surface area contributed by atoms with Gasteiger partial charge in [0.15, 0.2) is 0 Å². The highest BCUT2D eigenvalue weighted by Crippen LogP contribution is 2.30. The fourth-order valence-corrected chi connectivity index (χ4v) is 5.96. The van der Waals surface area contributed by atoms with E-state index in [9.17, 15) is 30.8 Å². The van der Waals surface area contributed by atoms with Crippen molar-refractivity contribution < 1.29 is 21.2 Å². The Labute approximate surface area is 213 Å². The van der Waals surface area contributed by atoms with E-state index in [0.717, 1.165) is 18.4 Å². The average molecular weight is 566 g/mol. The molecule has 4 aromatic rings. The second kappa shape index (κ2) is 8.61. The van der Waals surface area contributed by atoms with Crippen LogP contribution in [-0.4, -0.2) is 32.3 Å². The zero-order valence-corrected chi connectivity index (χ0v) is 21.2. The topological polar surface area (TPSA) is 148 Å². The van der Waals surface area contributed by atoms with Crippen LogP contribution in [0.1, 0.15) is 5.56 Å². The average Bonchev–Trinajstić information content (AvgIpc) is 3.28. The minimum atomic E-state index is -4.31. The van der Waals surface area contributed by atoms with Crippen molar-refractivity contribution >= 4 is 54.4 Å². The number of hydrogen-bond donors (Lipinski definition) is 3. The Morgan fingerprint density at radius 1 is 1.11 bits per heavy atom. The SMILES string of the molecule is CS(=O)(=O)Nc1ccc2c(c1)S(=O)(=O)N/C(=c1\c(=O)c3cccn3n(Cc3ccc(F)c(Cl)c3)c1=O)N2. The van der Waals surface area contributed by atoms with Crippen molar-refractivity contribution in [3.05, 3.63) is 96.9 Å². The maximum atomic E-state index is 13.6. The molecular formula is C22H17ClFN5O6S2. The summed E-state index contributed by atoms with van der Waals surface area (Å²) in [6, 6.07) is 10.7. The Hall–Kier alpha value is -3.88. The second-order valence-electron chi connectivity index (χ2n) is 8.24. The van der Waals surface area contributed by atoms with Crippen LogP contribution in [0, 0.1) is 5.82 Å². The molecule has 0 atom stereocenters. The molecule has 3 heterocycles. The van der Waals surface area contributed by atoms with Crippen LogP contribution in [-0.2, 0) is 26.6 Å². The van der Waals surface area contributed by atoms with Crippen molar-refractivity contribution in [3.8, 4) is 0 Å². The lowest BCUT2D eigenvalue weighted by molar-refractivity contribution is 0.586. The monoisotopic (exact) mass is 565 g/mol. The first-order chi connectivity index (χ1) is 17.3. The van der Waals surface area contributed by atoms with E-state index in [0.29, 0.717) is 5.56 Å². The predicted molar refractivity (Wildman–Crippen MR) is 136 cm³/mol. The molecule has 2 aromatic heterocycles. The number of nitrogens with one attached hydrogen (secondary N) is 3. The molecule has 3 N–H and O–H groups in total. The van der Waals surface area contributed by atoms with Crippen LogP contribution in [0.25, 0.3) is 11.3 Å². The minimum Gasteiger partial charge on any atom is -0.339 e. The lowest BCUT2D eigenvalue weighted by atomic mass is 10.2. The Bertz CT molecular complexity index is 2010. The molecule has 0 radical (unpaired) electrons. The molecule has 5 rings (SSSR count). The van der Waals surface area contributed by atoms with Gasteiger partial charge in [-0.25, -0.2) is 25.9 Å². The summed E-state index contributed by atoms with van der Waals surface area (Å²) in [5.41, 5.74) is -0.957. The molecule has 1 aliphatic heterocycles. The number of benzene rings is 2. The van der Waals surface area contributed by atoms with E-state index < -0.39 is 42.1 Å². The van der Waals surface area contributed by atoms with Crippen molar-refractivity contribution in [1.29, 1.82) is 0 Å². The van der Waals surface area contributed by atoms with Crippen molar-refractivity contribution in [3.63, 3.8) is 0 Å². The number of rotatable bonds is 4. The molecule has 0 unspecified atom stereocenters. The number of nitrogens with zero attached hydrogens (tertiary/aromatic N) is 2. The third kappa shape index (κ3) is 4.54. The molecule has 2 aromatic carbocycles. The van der Waals surface area contributed by atoms with E-state index in [1.54, 1.807) is 6.07 Å². The molecule has 11 nitrogen and oxygen atoms in total. The van der Waals surface area contributed by atoms with Gasteiger partial charge in [-0.05, 0) is 48.0 Å². The van der Waals surface area contributed by atoms with Gasteiger partial charge in [0.2, 0.25) is 15.5 Å². The molecular weight excluding hydrogens is 549 g/mol. The molecule has 0 aliphatic carbocycles. The highest BCUT2D eigenvalue weighted by Gasteiger charge is 2.28. The maximum Gasteiger partial charge on any atom is 0.280 e. The van der Waals surface area contributed by atoms with Gasteiger partial charge in [0.25, 0.3) is 15.6 Å². The van der Waals surface area contributed by atoms with Gasteiger partial charge in [-0.3, -0.25) is 23.5 Å². The highest BCUT2D eigenvalue weighted by atomic mass is 35.5. The van der Waals surface area contributed by atoms with Crippen LogP contribution in [0.3, 0.4) is 0 Å². The Balaban J connectivity index is 1.71. The first-order valence-corrected chi connectivity index (χ1v) is 14.2. The van der Waals surface area contributed by atoms with Gasteiger partial charge in [0, 0.05) is 11.9 Å². The van der Waals surface area contributed by atoms with Crippen molar-refractivity contribution in [1.82, 2.24) is 13.9 Å². The maximum absolute atomic E-state index is 13.6. The minimum absolute atomic E-state index is 0.0105. The molecule has 0 saturated carbocycles. The summed E-state index contributed by atoms with van der Waals surface area (Å²) in [5, 5.41) is 2.15. The lowest BCUT2D eigenvalue weighted by Crippen LogP contribution is -2.52. The van der Waals surface area contributed by atoms with Crippen LogP contribution >= 0.6 is 11.6 Å². The third-order valence-electron chi connectivity index (χ3n) is 5.53. The quantitative estimate of drug-likeness (QED) is 0.332. The van der Waals surface area contributed by atoms with E-state index in [1.807, 2.05) is 0 Å². The summed E-state index contributed by atoms with van der Waals surface area (Å²) in [6.07, 6.45) is 2.41. The number of sulfonamides is 2. The third-order valence-corrected chi connectivity index (χ3v) is 7.82. The van der Waals surface area contributed by atoms with Crippen LogP contribution in [0.4, 0.5) is 15.8 Å². The summed E-state index contributed by atoms with van der Waals surface area (Å²) in [6.45, 7) is -0.103. The summed E-state index contributed by atoms with van der Waals surface area (Å²) in [5.74, 6) is -0.995. The highest BCUT2D eigenvalue weighted by molar-refractivity contribution is 7.92. The molecule has 37 heavy (non-hydrogen) atoms. The van der Waals surface area contributed by atoms with E-state index in [4.69, 9.17) is 11.6 Å². The first kappa shape index (κ1) is 24.8. The molecule has 0 amide bonds. The van der Waals surface area contributed by atoms with Gasteiger partial charge in [-0.2, -0.15) is 0 Å². The van der Waals surface area contributed by atoms with E-state index in [1.165, 1.54) is 45.7 Å². The molecule has 0 bridgehead atoms. The fourth-order valence-electron chi connectivity index (χ4n) is 3.98. The predicted octanol–water partition coefficient (Wildman–Crippen LogP) is 0.862. The largest absolute Gasteiger partial charge is 0.339 e. The van der Waals surface area contributed by atoms with Crippen molar-refractivity contribution in [2.75, 3.05) is 16.3 Å². The molecule has 0 fully saturated rings. The van der Waals surface area contributed by atoms with Gasteiger partial charge in [-0.1, -0.05) is 17.7 Å². The summed E-state index contributed by atoms with van der Waals surface area (Å²) in [4.78, 5) is 26.5. The summed E-state index contributed by atoms with van der Waals surface area (Å²) in [7, 11) is -7.97. The molecule has 192 valence electrons. The molecule has 15 heteroatoms. The number of halogens is 2. The first-order valence-electron chi connectivity index (χ1n) is 10.5. The lowest BCUT2D eigenvalue weighted by Gasteiger charge is -2.23. The van der Waals surface area contributed by atoms with Crippen LogP contribution < -0.4 is 31.0 Å². The Morgan fingerprint density at radius 2 is 1.86 bits per heavy atom. The summed E-state index contributed by atoms with van der Waals surface area (Å²) >= 11 is 5.87. The van der Waals surface area contributed by atoms with Gasteiger partial charge in [-0.15, -0.1) is 0 Å². The number of aromatic nitrogens is 2. The number of anilines is 2. The molecule has 0 spiro atoms. The van der Waals surface area contributed by atoms with Crippen molar-refractivity contribution in [2.45, 2.75) is 11.4 Å². The second-order valence-corrected chi connectivity index (χ2v) is 12.1. The standard InChI is InChI=1S/C22H17ClFN5O6S2/c1-36(32,33)26-13-5-7-16-18(10-13)37(34,35)27-21(25-16)19-20(30)17-3-2-8-28(17)29(22(19)31)11-12-4-6-15(24)14(23)9-12/h2-10,25-27H,11H2,1H3/b21-19+. The fraction of sp³-hybridized carbons (Fsp3) is 0.0909. The van der Waals surface area contributed by atoms with E-state index >= 15 is 0 Å². The zero-order valence-electron chi connectivity index (χ0n) is 18.8. The van der Waals surface area contributed by atoms with Gasteiger partial charge >= 0.3 is 0 Å². The van der Waals surface area contributed by atoms with Crippen LogP contribution in [0.15, 0.2) is 69.2 Å². The van der Waals surface area contributed by atoms with Crippen LogP contribution in [0.2, 0.25) is 5.02 Å². The zero-order chi connectivity index (χ0) is 26.7. The Morgan fingerprint density at radius 3 is 2.57 bits per heavy atom. The van der Waals surface area contributed by atoms with Gasteiger partial charge in [0.1, 0.15) is 27.3 Å². The molecule has 1 aliphatic rings. The number of fused-ring (bicyclic) bond motifs is 2. The Kier molecular flexibility index (Phi) is 5.77. The van der Waals surface area contributed by atoms with E-state index in [-0.39, 0.29) is 39.2 Å². The summed E-state index contributed by atoms with van der Waals surface area (Å²) < 4.78 is 69.7.